The number of hydrogen-bond acceptors (Lipinski definition) is 2. The van der Waals surface area contributed by atoms with Gasteiger partial charge in [0.1, 0.15) is 0 Å². The molecule has 2 nitrogen and oxygen atoms in total. The normalized spacial score (nSPS) is 33.2. The molecule has 0 amide bonds. The van der Waals surface area contributed by atoms with Gasteiger partial charge in [0.05, 0.1) is 0 Å². The summed E-state index contributed by atoms with van der Waals surface area (Å²) in [7, 11) is 0. The highest BCUT2D eigenvalue weighted by Gasteiger charge is 2.34. The van der Waals surface area contributed by atoms with Crippen molar-refractivity contribution in [2.75, 3.05) is 19.6 Å². The summed E-state index contributed by atoms with van der Waals surface area (Å²) < 4.78 is 0. The fourth-order valence-electron chi connectivity index (χ4n) is 4.99. The minimum atomic E-state index is 0.690. The summed E-state index contributed by atoms with van der Waals surface area (Å²) in [6, 6.07) is 9.95. The molecule has 4 rings (SSSR count). The summed E-state index contributed by atoms with van der Waals surface area (Å²) in [5, 5.41) is 3.63. The van der Waals surface area contributed by atoms with E-state index >= 15 is 0 Å². The maximum Gasteiger partial charge on any atom is 0.0208 e. The van der Waals surface area contributed by atoms with Crippen molar-refractivity contribution in [2.45, 2.75) is 57.0 Å². The number of rotatable bonds is 2. The summed E-state index contributed by atoms with van der Waals surface area (Å²) in [4.78, 5) is 2.85. The average Bonchev–Trinajstić information content (AvgIpc) is 2.56. The van der Waals surface area contributed by atoms with Gasteiger partial charge in [0, 0.05) is 31.6 Å². The molecule has 3 atom stereocenters. The first kappa shape index (κ1) is 13.8. The van der Waals surface area contributed by atoms with E-state index in [0.717, 1.165) is 25.0 Å². The minimum Gasteiger partial charge on any atom is -0.312 e. The van der Waals surface area contributed by atoms with E-state index in [4.69, 9.17) is 0 Å². The van der Waals surface area contributed by atoms with Crippen molar-refractivity contribution in [1.82, 2.24) is 10.2 Å². The standard InChI is InChI=1S/C19H28N2/c1-3-9-18-16(7-1)12-20-13-17(18)14-21-11-5-8-15-6-2-4-10-19(15)21/h1,3,7,9,15,17,19-20H,2,4-6,8,10-14H2. The number of benzene rings is 1. The zero-order valence-electron chi connectivity index (χ0n) is 13.1. The highest BCUT2D eigenvalue weighted by atomic mass is 15.2. The van der Waals surface area contributed by atoms with Crippen LogP contribution in [-0.2, 0) is 6.54 Å². The molecule has 0 spiro atoms. The molecule has 3 aliphatic rings. The summed E-state index contributed by atoms with van der Waals surface area (Å²) in [6.45, 7) is 4.81. The van der Waals surface area contributed by atoms with E-state index in [1.54, 1.807) is 5.56 Å². The Morgan fingerprint density at radius 1 is 1.05 bits per heavy atom. The molecular formula is C19H28N2. The molecule has 1 saturated heterocycles. The molecule has 0 bridgehead atoms. The van der Waals surface area contributed by atoms with E-state index in [-0.39, 0.29) is 0 Å². The number of fused-ring (bicyclic) bond motifs is 2. The smallest absolute Gasteiger partial charge is 0.0208 e. The van der Waals surface area contributed by atoms with Gasteiger partial charge in [0.15, 0.2) is 0 Å². The lowest BCUT2D eigenvalue weighted by Crippen LogP contribution is -2.49. The third-order valence-corrected chi connectivity index (χ3v) is 6.01. The predicted octanol–water partition coefficient (Wildman–Crippen LogP) is 3.53. The van der Waals surface area contributed by atoms with Crippen LogP contribution in [0.3, 0.4) is 0 Å². The summed E-state index contributed by atoms with van der Waals surface area (Å²) in [5.41, 5.74) is 3.13. The molecule has 0 radical (unpaired) electrons. The lowest BCUT2D eigenvalue weighted by molar-refractivity contribution is 0.0550. The number of piperidine rings is 1. The molecule has 1 saturated carbocycles. The number of hydrogen-bond donors (Lipinski definition) is 1. The number of nitrogens with zero attached hydrogens (tertiary/aromatic N) is 1. The topological polar surface area (TPSA) is 15.3 Å². The van der Waals surface area contributed by atoms with Crippen molar-refractivity contribution < 1.29 is 0 Å². The first-order valence-electron chi connectivity index (χ1n) is 8.94. The second-order valence-corrected chi connectivity index (χ2v) is 7.28. The second kappa shape index (κ2) is 6.10. The Morgan fingerprint density at radius 2 is 1.90 bits per heavy atom. The molecule has 0 aromatic heterocycles. The van der Waals surface area contributed by atoms with Gasteiger partial charge in [-0.05, 0) is 49.3 Å². The largest absolute Gasteiger partial charge is 0.312 e. The molecule has 1 aliphatic carbocycles. The van der Waals surface area contributed by atoms with Crippen LogP contribution in [0.25, 0.3) is 0 Å². The molecule has 2 heteroatoms. The van der Waals surface area contributed by atoms with Gasteiger partial charge < -0.3 is 5.32 Å². The van der Waals surface area contributed by atoms with Crippen LogP contribution in [0, 0.1) is 5.92 Å². The monoisotopic (exact) mass is 284 g/mol. The van der Waals surface area contributed by atoms with Crippen LogP contribution in [0.15, 0.2) is 24.3 Å². The molecule has 114 valence electrons. The Labute approximate surface area is 128 Å². The van der Waals surface area contributed by atoms with Gasteiger partial charge in [-0.2, -0.15) is 0 Å². The van der Waals surface area contributed by atoms with Crippen LogP contribution in [-0.4, -0.2) is 30.6 Å². The molecule has 1 N–H and O–H groups in total. The van der Waals surface area contributed by atoms with E-state index in [2.05, 4.69) is 34.5 Å². The first-order valence-corrected chi connectivity index (χ1v) is 8.94. The molecule has 3 unspecified atom stereocenters. The van der Waals surface area contributed by atoms with Gasteiger partial charge in [-0.25, -0.2) is 0 Å². The molecular weight excluding hydrogens is 256 g/mol. The Bertz CT molecular complexity index is 482. The minimum absolute atomic E-state index is 0.690. The molecule has 1 aromatic rings. The Kier molecular flexibility index (Phi) is 4.00. The van der Waals surface area contributed by atoms with Gasteiger partial charge >= 0.3 is 0 Å². The van der Waals surface area contributed by atoms with Crippen LogP contribution < -0.4 is 5.32 Å². The highest BCUT2D eigenvalue weighted by molar-refractivity contribution is 5.33. The van der Waals surface area contributed by atoms with Crippen LogP contribution in [0.4, 0.5) is 0 Å². The fraction of sp³-hybridized carbons (Fsp3) is 0.684. The molecule has 2 aliphatic heterocycles. The number of nitrogens with one attached hydrogen (secondary N) is 1. The fourth-order valence-corrected chi connectivity index (χ4v) is 4.99. The Morgan fingerprint density at radius 3 is 2.90 bits per heavy atom. The lowest BCUT2D eigenvalue weighted by Gasteiger charge is -2.46. The predicted molar refractivity (Wildman–Crippen MR) is 87.4 cm³/mol. The van der Waals surface area contributed by atoms with Crippen molar-refractivity contribution in [1.29, 1.82) is 0 Å². The third-order valence-electron chi connectivity index (χ3n) is 6.01. The van der Waals surface area contributed by atoms with Crippen molar-refractivity contribution in [2.24, 2.45) is 5.92 Å². The second-order valence-electron chi connectivity index (χ2n) is 7.28. The van der Waals surface area contributed by atoms with Gasteiger partial charge in [-0.1, -0.05) is 37.1 Å². The van der Waals surface area contributed by atoms with E-state index in [0.29, 0.717) is 5.92 Å². The maximum absolute atomic E-state index is 3.63. The van der Waals surface area contributed by atoms with Crippen molar-refractivity contribution in [3.05, 3.63) is 35.4 Å². The van der Waals surface area contributed by atoms with E-state index in [1.807, 2.05) is 0 Å². The van der Waals surface area contributed by atoms with Gasteiger partial charge in [-0.3, -0.25) is 4.90 Å². The molecule has 2 fully saturated rings. The van der Waals surface area contributed by atoms with E-state index in [1.165, 1.54) is 57.2 Å². The van der Waals surface area contributed by atoms with Crippen molar-refractivity contribution in [3.63, 3.8) is 0 Å². The SMILES string of the molecule is c1ccc2c(c1)CNCC2CN1CCCC2CCCCC21. The quantitative estimate of drug-likeness (QED) is 0.894. The Balaban J connectivity index is 1.50. The van der Waals surface area contributed by atoms with E-state index < -0.39 is 0 Å². The highest BCUT2D eigenvalue weighted by Crippen LogP contribution is 2.36. The average molecular weight is 284 g/mol. The molecule has 1 aromatic carbocycles. The third kappa shape index (κ3) is 2.76. The van der Waals surface area contributed by atoms with E-state index in [9.17, 15) is 0 Å². The van der Waals surface area contributed by atoms with Crippen LogP contribution in [0.2, 0.25) is 0 Å². The molecule has 21 heavy (non-hydrogen) atoms. The lowest BCUT2D eigenvalue weighted by atomic mass is 9.77. The van der Waals surface area contributed by atoms with Crippen molar-refractivity contribution in [3.8, 4) is 0 Å². The van der Waals surface area contributed by atoms with Crippen LogP contribution >= 0.6 is 0 Å². The maximum atomic E-state index is 3.63. The van der Waals surface area contributed by atoms with Crippen LogP contribution in [0.5, 0.6) is 0 Å². The summed E-state index contributed by atoms with van der Waals surface area (Å²) >= 11 is 0. The Hall–Kier alpha value is -0.860. The van der Waals surface area contributed by atoms with Gasteiger partial charge in [-0.15, -0.1) is 0 Å². The number of likely N-dealkylation sites (tertiary alicyclic amines) is 1. The van der Waals surface area contributed by atoms with Gasteiger partial charge in [0.25, 0.3) is 0 Å². The van der Waals surface area contributed by atoms with Gasteiger partial charge in [0.2, 0.25) is 0 Å². The zero-order chi connectivity index (χ0) is 14.1. The van der Waals surface area contributed by atoms with Crippen LogP contribution in [0.1, 0.15) is 55.6 Å². The van der Waals surface area contributed by atoms with Crippen molar-refractivity contribution >= 4 is 0 Å². The first-order chi connectivity index (χ1) is 10.4. The zero-order valence-corrected chi connectivity index (χ0v) is 13.1. The summed E-state index contributed by atoms with van der Waals surface area (Å²) in [5.74, 6) is 1.69. The molecule has 2 heterocycles. The summed E-state index contributed by atoms with van der Waals surface area (Å²) in [6.07, 6.45) is 8.77.